The minimum Gasteiger partial charge on any atom is -0.444 e. The van der Waals surface area contributed by atoms with E-state index in [1.165, 1.54) is 18.2 Å². The Morgan fingerprint density at radius 1 is 1.53 bits per heavy atom. The second kappa shape index (κ2) is 5.97. The Balaban J connectivity index is 2.03. The first-order chi connectivity index (χ1) is 9.11. The second-order valence-corrected chi connectivity index (χ2v) is 4.65. The van der Waals surface area contributed by atoms with Crippen molar-refractivity contribution in [3.8, 4) is 0 Å². The molecule has 1 N–H and O–H groups in total. The fourth-order valence-corrected chi connectivity index (χ4v) is 1.97. The summed E-state index contributed by atoms with van der Waals surface area (Å²) in [6, 6.07) is 4.30. The molecule has 1 heterocycles. The maximum atomic E-state index is 13.3. The molecule has 19 heavy (non-hydrogen) atoms. The Morgan fingerprint density at radius 2 is 2.32 bits per heavy atom. The van der Waals surface area contributed by atoms with Crippen molar-refractivity contribution in [2.75, 3.05) is 0 Å². The number of hydrogen-bond acceptors (Lipinski definition) is 3. The first-order valence-corrected chi connectivity index (χ1v) is 6.57. The monoisotopic (exact) mass is 326 g/mol. The van der Waals surface area contributed by atoms with Gasteiger partial charge in [-0.05, 0) is 28.1 Å². The lowest BCUT2D eigenvalue weighted by Gasteiger charge is -2.05. The van der Waals surface area contributed by atoms with Gasteiger partial charge in [-0.2, -0.15) is 0 Å². The van der Waals surface area contributed by atoms with Crippen LogP contribution < -0.4 is 5.32 Å². The Hall–Kier alpha value is -1.69. The maximum absolute atomic E-state index is 13.3. The number of nitrogens with one attached hydrogen (secondary N) is 1. The van der Waals surface area contributed by atoms with Crippen molar-refractivity contribution in [2.24, 2.45) is 0 Å². The number of carbonyl (C=O) groups is 1. The van der Waals surface area contributed by atoms with Gasteiger partial charge in [0.05, 0.1) is 22.8 Å². The van der Waals surface area contributed by atoms with Crippen LogP contribution in [-0.2, 0) is 13.0 Å². The zero-order valence-corrected chi connectivity index (χ0v) is 11.8. The summed E-state index contributed by atoms with van der Waals surface area (Å²) in [5.74, 6) is 0.327. The Labute approximate surface area is 118 Å². The van der Waals surface area contributed by atoms with Crippen LogP contribution in [0.3, 0.4) is 0 Å². The minimum atomic E-state index is -0.475. The van der Waals surface area contributed by atoms with Crippen molar-refractivity contribution in [2.45, 2.75) is 19.9 Å². The van der Waals surface area contributed by atoms with E-state index in [0.717, 1.165) is 12.2 Å². The van der Waals surface area contributed by atoms with E-state index in [9.17, 15) is 9.18 Å². The lowest BCUT2D eigenvalue weighted by molar-refractivity contribution is 0.0945. The van der Waals surface area contributed by atoms with Crippen molar-refractivity contribution < 1.29 is 13.6 Å². The summed E-state index contributed by atoms with van der Waals surface area (Å²) >= 11 is 3.05. The van der Waals surface area contributed by atoms with Crippen LogP contribution >= 0.6 is 15.9 Å². The lowest BCUT2D eigenvalue weighted by atomic mass is 10.2. The lowest BCUT2D eigenvalue weighted by Crippen LogP contribution is -2.23. The van der Waals surface area contributed by atoms with Crippen LogP contribution in [0.4, 0.5) is 4.39 Å². The van der Waals surface area contributed by atoms with Crippen LogP contribution in [0, 0.1) is 5.82 Å². The van der Waals surface area contributed by atoms with E-state index in [1.54, 1.807) is 6.20 Å². The van der Waals surface area contributed by atoms with Gasteiger partial charge in [-0.1, -0.05) is 13.0 Å². The molecule has 4 nitrogen and oxygen atoms in total. The van der Waals surface area contributed by atoms with E-state index in [-0.39, 0.29) is 22.5 Å². The van der Waals surface area contributed by atoms with Gasteiger partial charge in [0.1, 0.15) is 11.6 Å². The van der Waals surface area contributed by atoms with E-state index in [2.05, 4.69) is 26.2 Å². The molecule has 100 valence electrons. The van der Waals surface area contributed by atoms with Crippen molar-refractivity contribution in [1.82, 2.24) is 10.3 Å². The summed E-state index contributed by atoms with van der Waals surface area (Å²) < 4.78 is 18.8. The van der Waals surface area contributed by atoms with Crippen LogP contribution in [0.5, 0.6) is 0 Å². The molecule has 0 aliphatic carbocycles. The standard InChI is InChI=1S/C13H12BrFN2O2/c1-2-8-6-16-11(19-8)7-17-13(18)9-4-3-5-10(15)12(9)14/h3-6H,2,7H2,1H3,(H,17,18). The highest BCUT2D eigenvalue weighted by Crippen LogP contribution is 2.20. The molecule has 0 atom stereocenters. The van der Waals surface area contributed by atoms with Crippen molar-refractivity contribution in [3.63, 3.8) is 0 Å². The van der Waals surface area contributed by atoms with E-state index in [1.807, 2.05) is 6.92 Å². The third-order valence-corrected chi connectivity index (χ3v) is 3.35. The van der Waals surface area contributed by atoms with Crippen LogP contribution in [0.25, 0.3) is 0 Å². The molecule has 6 heteroatoms. The Kier molecular flexibility index (Phi) is 4.31. The molecule has 0 radical (unpaired) electrons. The molecule has 0 aliphatic rings. The third kappa shape index (κ3) is 3.20. The molecule has 0 unspecified atom stereocenters. The molecule has 0 fully saturated rings. The molecular formula is C13H12BrFN2O2. The summed E-state index contributed by atoms with van der Waals surface area (Å²) in [7, 11) is 0. The van der Waals surface area contributed by atoms with Gasteiger partial charge < -0.3 is 9.73 Å². The van der Waals surface area contributed by atoms with Gasteiger partial charge in [0.15, 0.2) is 0 Å². The molecular weight excluding hydrogens is 315 g/mol. The van der Waals surface area contributed by atoms with Crippen molar-refractivity contribution in [1.29, 1.82) is 0 Å². The normalized spacial score (nSPS) is 10.5. The van der Waals surface area contributed by atoms with Crippen LogP contribution in [0.2, 0.25) is 0 Å². The third-order valence-electron chi connectivity index (χ3n) is 2.55. The van der Waals surface area contributed by atoms with E-state index in [0.29, 0.717) is 5.89 Å². The highest BCUT2D eigenvalue weighted by Gasteiger charge is 2.13. The first kappa shape index (κ1) is 13.7. The maximum Gasteiger partial charge on any atom is 0.252 e. The number of nitrogens with zero attached hydrogens (tertiary/aromatic N) is 1. The van der Waals surface area contributed by atoms with Crippen LogP contribution in [0.1, 0.15) is 28.9 Å². The van der Waals surface area contributed by atoms with Gasteiger partial charge >= 0.3 is 0 Å². The van der Waals surface area contributed by atoms with E-state index >= 15 is 0 Å². The topological polar surface area (TPSA) is 55.1 Å². The SMILES string of the molecule is CCc1cnc(CNC(=O)c2cccc(F)c2Br)o1. The molecule has 0 spiro atoms. The Bertz CT molecular complexity index is 598. The molecule has 0 saturated carbocycles. The average molecular weight is 327 g/mol. The zero-order valence-electron chi connectivity index (χ0n) is 10.2. The smallest absolute Gasteiger partial charge is 0.252 e. The largest absolute Gasteiger partial charge is 0.444 e. The number of carbonyl (C=O) groups excluding carboxylic acids is 1. The molecule has 0 aliphatic heterocycles. The summed E-state index contributed by atoms with van der Waals surface area (Å²) in [5.41, 5.74) is 0.238. The van der Waals surface area contributed by atoms with Gasteiger partial charge in [-0.25, -0.2) is 9.37 Å². The highest BCUT2D eigenvalue weighted by atomic mass is 79.9. The summed E-state index contributed by atoms with van der Waals surface area (Å²) in [5, 5.41) is 2.63. The summed E-state index contributed by atoms with van der Waals surface area (Å²) in [6.07, 6.45) is 2.37. The van der Waals surface area contributed by atoms with Crippen molar-refractivity contribution in [3.05, 3.63) is 51.9 Å². The average Bonchev–Trinajstić information content (AvgIpc) is 2.87. The molecule has 2 rings (SSSR count). The van der Waals surface area contributed by atoms with Gasteiger partial charge in [-0.3, -0.25) is 4.79 Å². The molecule has 0 bridgehead atoms. The zero-order chi connectivity index (χ0) is 13.8. The molecule has 0 saturated heterocycles. The molecule has 1 aromatic carbocycles. The van der Waals surface area contributed by atoms with Crippen LogP contribution in [-0.4, -0.2) is 10.9 Å². The quantitative estimate of drug-likeness (QED) is 0.939. The van der Waals surface area contributed by atoms with Gasteiger partial charge in [0.25, 0.3) is 5.91 Å². The molecule has 1 amide bonds. The van der Waals surface area contributed by atoms with E-state index < -0.39 is 5.82 Å². The number of oxazole rings is 1. The molecule has 2 aromatic rings. The minimum absolute atomic E-state index is 0.147. The summed E-state index contributed by atoms with van der Waals surface area (Å²) in [6.45, 7) is 2.12. The number of benzene rings is 1. The first-order valence-electron chi connectivity index (χ1n) is 5.77. The number of hydrogen-bond donors (Lipinski definition) is 1. The van der Waals surface area contributed by atoms with Crippen LogP contribution in [0.15, 0.2) is 33.3 Å². The number of aromatic nitrogens is 1. The van der Waals surface area contributed by atoms with Crippen molar-refractivity contribution >= 4 is 21.8 Å². The van der Waals surface area contributed by atoms with Gasteiger partial charge in [0.2, 0.25) is 5.89 Å². The highest BCUT2D eigenvalue weighted by molar-refractivity contribution is 9.10. The number of amides is 1. The fraction of sp³-hybridized carbons (Fsp3) is 0.231. The predicted molar refractivity (Wildman–Crippen MR) is 71.2 cm³/mol. The second-order valence-electron chi connectivity index (χ2n) is 3.86. The predicted octanol–water partition coefficient (Wildman–Crippen LogP) is 3.07. The molecule has 1 aromatic heterocycles. The van der Waals surface area contributed by atoms with Gasteiger partial charge in [-0.15, -0.1) is 0 Å². The number of rotatable bonds is 4. The number of halogens is 2. The van der Waals surface area contributed by atoms with E-state index in [4.69, 9.17) is 4.42 Å². The summed E-state index contributed by atoms with van der Waals surface area (Å²) in [4.78, 5) is 15.9. The Morgan fingerprint density at radius 3 is 3.00 bits per heavy atom. The number of aryl methyl sites for hydroxylation is 1. The fourth-order valence-electron chi connectivity index (χ4n) is 1.52. The van der Waals surface area contributed by atoms with Gasteiger partial charge in [0, 0.05) is 6.42 Å².